The van der Waals surface area contributed by atoms with Crippen molar-refractivity contribution in [3.63, 3.8) is 0 Å². The van der Waals surface area contributed by atoms with Crippen molar-refractivity contribution in [3.05, 3.63) is 52.4 Å². The number of carbonyl (C=O) groups excluding carboxylic acids is 1. The maximum absolute atomic E-state index is 12.6. The number of nitrogens with one attached hydrogen (secondary N) is 1. The minimum atomic E-state index is -4.40. The number of aryl methyl sites for hydroxylation is 1. The Morgan fingerprint density at radius 1 is 1.34 bits per heavy atom. The Balaban J connectivity index is 1.71. The van der Waals surface area contributed by atoms with Crippen LogP contribution in [-0.2, 0) is 20.3 Å². The number of ether oxygens (including phenoxy) is 1. The highest BCUT2D eigenvalue weighted by Gasteiger charge is 2.36. The molecule has 2 aromatic heterocycles. The minimum absolute atomic E-state index is 0.0278. The van der Waals surface area contributed by atoms with Gasteiger partial charge in [-0.3, -0.25) is 9.48 Å². The normalized spacial score (nSPS) is 12.6. The fourth-order valence-electron chi connectivity index (χ4n) is 2.77. The molecule has 2 heterocycles. The third-order valence-electron chi connectivity index (χ3n) is 4.71. The van der Waals surface area contributed by atoms with E-state index in [1.807, 2.05) is 0 Å². The van der Waals surface area contributed by atoms with Crippen molar-refractivity contribution in [3.8, 4) is 17.1 Å². The molecule has 1 unspecified atom stereocenters. The number of amides is 1. The van der Waals surface area contributed by atoms with E-state index in [-0.39, 0.29) is 23.9 Å². The smallest absolute Gasteiger partial charge is 0.393 e. The number of hydrogen-bond donors (Lipinski definition) is 2. The zero-order chi connectivity index (χ0) is 23.5. The Kier molecular flexibility index (Phi) is 7.09. The van der Waals surface area contributed by atoms with Crippen LogP contribution >= 0.6 is 11.6 Å². The van der Waals surface area contributed by atoms with E-state index >= 15 is 0 Å². The number of hydrogen-bond acceptors (Lipinski definition) is 6. The molecule has 172 valence electrons. The number of benzene rings is 1. The second-order valence-electron chi connectivity index (χ2n) is 7.03. The zero-order valence-electron chi connectivity index (χ0n) is 17.1. The summed E-state index contributed by atoms with van der Waals surface area (Å²) in [6, 6.07) is 8.13. The summed E-state index contributed by atoms with van der Waals surface area (Å²) >= 11 is 5.91. The molecule has 0 aliphatic heterocycles. The molecule has 0 fully saturated rings. The van der Waals surface area contributed by atoms with Gasteiger partial charge in [0.15, 0.2) is 5.76 Å². The average Bonchev–Trinajstić information content (AvgIpc) is 3.32. The van der Waals surface area contributed by atoms with Crippen molar-refractivity contribution in [2.45, 2.75) is 26.3 Å². The number of halogens is 4. The van der Waals surface area contributed by atoms with Gasteiger partial charge >= 0.3 is 6.18 Å². The summed E-state index contributed by atoms with van der Waals surface area (Å²) in [5, 5.41) is 20.3. The van der Waals surface area contributed by atoms with E-state index in [1.54, 1.807) is 24.3 Å². The lowest BCUT2D eigenvalue weighted by Gasteiger charge is -2.15. The lowest BCUT2D eigenvalue weighted by atomic mass is 10.1. The van der Waals surface area contributed by atoms with Gasteiger partial charge in [0.2, 0.25) is 5.88 Å². The van der Waals surface area contributed by atoms with Crippen molar-refractivity contribution in [1.29, 1.82) is 0 Å². The molecule has 12 heteroatoms. The Morgan fingerprint density at radius 2 is 2.03 bits per heavy atom. The number of aliphatic hydroxyl groups is 1. The summed E-state index contributed by atoms with van der Waals surface area (Å²) in [7, 11) is 1.46. The summed E-state index contributed by atoms with van der Waals surface area (Å²) in [5.41, 5.74) is 1.64. The van der Waals surface area contributed by atoms with E-state index in [9.17, 15) is 23.1 Å². The van der Waals surface area contributed by atoms with Gasteiger partial charge < -0.3 is 19.7 Å². The molecule has 3 rings (SSSR count). The second kappa shape index (κ2) is 9.61. The van der Waals surface area contributed by atoms with E-state index < -0.39 is 31.2 Å². The van der Waals surface area contributed by atoms with Crippen LogP contribution in [0.2, 0.25) is 5.02 Å². The monoisotopic (exact) mass is 472 g/mol. The van der Waals surface area contributed by atoms with Gasteiger partial charge in [0, 0.05) is 30.2 Å². The van der Waals surface area contributed by atoms with Gasteiger partial charge in [-0.1, -0.05) is 35.8 Å². The fraction of sp³-hybridized carbons (Fsp3) is 0.350. The van der Waals surface area contributed by atoms with Gasteiger partial charge in [-0.15, -0.1) is 5.10 Å². The molecular weight excluding hydrogens is 453 g/mol. The lowest BCUT2D eigenvalue weighted by molar-refractivity contribution is -0.167. The standard InChI is InChI=1S/C20H20ClF3N4O4/c1-11(20(22,23)24)8-25-19(30)15-7-17(26-28(15)2)31-10-14-16(9-29)32-27-18(14)12-3-5-13(21)6-4-12/h3-7,11,29H,8-10H2,1-2H3,(H,25,30). The second-order valence-corrected chi connectivity index (χ2v) is 7.47. The highest BCUT2D eigenvalue weighted by molar-refractivity contribution is 6.30. The first-order valence-corrected chi connectivity index (χ1v) is 9.84. The quantitative estimate of drug-likeness (QED) is 0.518. The predicted molar refractivity (Wildman–Crippen MR) is 108 cm³/mol. The van der Waals surface area contributed by atoms with E-state index in [4.69, 9.17) is 20.9 Å². The first-order chi connectivity index (χ1) is 15.1. The number of aliphatic hydroxyl groups excluding tert-OH is 1. The molecule has 1 atom stereocenters. The van der Waals surface area contributed by atoms with Crippen molar-refractivity contribution in [1.82, 2.24) is 20.3 Å². The van der Waals surface area contributed by atoms with Crippen LogP contribution in [-0.4, -0.2) is 38.7 Å². The Morgan fingerprint density at radius 3 is 2.66 bits per heavy atom. The van der Waals surface area contributed by atoms with Crippen molar-refractivity contribution >= 4 is 17.5 Å². The Hall–Kier alpha value is -3.05. The topological polar surface area (TPSA) is 102 Å². The number of rotatable bonds is 8. The van der Waals surface area contributed by atoms with Gasteiger partial charge in [0.1, 0.15) is 24.6 Å². The molecule has 3 aromatic rings. The molecule has 2 N–H and O–H groups in total. The predicted octanol–water partition coefficient (Wildman–Crippen LogP) is 3.73. The maximum Gasteiger partial charge on any atom is 0.393 e. The van der Waals surface area contributed by atoms with E-state index in [1.165, 1.54) is 17.8 Å². The molecule has 8 nitrogen and oxygen atoms in total. The van der Waals surface area contributed by atoms with Gasteiger partial charge in [-0.05, 0) is 12.1 Å². The summed E-state index contributed by atoms with van der Waals surface area (Å²) in [6.45, 7) is -0.0736. The third-order valence-corrected chi connectivity index (χ3v) is 4.96. The molecule has 1 aromatic carbocycles. The number of nitrogens with zero attached hydrogens (tertiary/aromatic N) is 3. The highest BCUT2D eigenvalue weighted by Crippen LogP contribution is 2.28. The molecule has 0 spiro atoms. The molecule has 0 radical (unpaired) electrons. The average molecular weight is 473 g/mol. The molecule has 0 aliphatic rings. The summed E-state index contributed by atoms with van der Waals surface area (Å²) < 4.78 is 49.9. The molecule has 0 saturated carbocycles. The van der Waals surface area contributed by atoms with Gasteiger partial charge in [0.05, 0.1) is 11.5 Å². The first kappa shape index (κ1) is 23.6. The van der Waals surface area contributed by atoms with E-state index in [2.05, 4.69) is 15.6 Å². The van der Waals surface area contributed by atoms with Crippen LogP contribution in [0.1, 0.15) is 28.7 Å². The fourth-order valence-corrected chi connectivity index (χ4v) is 2.90. The molecule has 0 saturated heterocycles. The SMILES string of the molecule is CC(CNC(=O)c1cc(OCc2c(-c3ccc(Cl)cc3)noc2CO)nn1C)C(F)(F)F. The molecule has 0 aliphatic carbocycles. The summed E-state index contributed by atoms with van der Waals surface area (Å²) in [4.78, 5) is 12.2. The van der Waals surface area contributed by atoms with Crippen LogP contribution in [0.4, 0.5) is 13.2 Å². The van der Waals surface area contributed by atoms with E-state index in [0.717, 1.165) is 6.92 Å². The summed E-state index contributed by atoms with van der Waals surface area (Å²) in [5.74, 6) is -2.14. The van der Waals surface area contributed by atoms with Crippen molar-refractivity contribution < 1.29 is 32.3 Å². The molecular formula is C20H20ClF3N4O4. The van der Waals surface area contributed by atoms with Crippen LogP contribution in [0.25, 0.3) is 11.3 Å². The van der Waals surface area contributed by atoms with E-state index in [0.29, 0.717) is 21.8 Å². The number of alkyl halides is 3. The third kappa shape index (κ3) is 5.40. The van der Waals surface area contributed by atoms with Gasteiger partial charge in [0.25, 0.3) is 5.91 Å². The lowest BCUT2D eigenvalue weighted by Crippen LogP contribution is -2.35. The van der Waals surface area contributed by atoms with Crippen LogP contribution in [0, 0.1) is 5.92 Å². The van der Waals surface area contributed by atoms with Gasteiger partial charge in [-0.25, -0.2) is 0 Å². The van der Waals surface area contributed by atoms with Crippen molar-refractivity contribution in [2.24, 2.45) is 13.0 Å². The van der Waals surface area contributed by atoms with Crippen LogP contribution in [0.5, 0.6) is 5.88 Å². The van der Waals surface area contributed by atoms with Crippen LogP contribution in [0.3, 0.4) is 0 Å². The Labute approximate surface area is 185 Å². The zero-order valence-corrected chi connectivity index (χ0v) is 17.9. The Bertz CT molecular complexity index is 1080. The molecule has 1 amide bonds. The molecule has 32 heavy (non-hydrogen) atoms. The first-order valence-electron chi connectivity index (χ1n) is 9.46. The highest BCUT2D eigenvalue weighted by atomic mass is 35.5. The van der Waals surface area contributed by atoms with Crippen molar-refractivity contribution in [2.75, 3.05) is 6.54 Å². The molecule has 0 bridgehead atoms. The summed E-state index contributed by atoms with van der Waals surface area (Å²) in [6.07, 6.45) is -4.40. The minimum Gasteiger partial charge on any atom is -0.471 e. The van der Waals surface area contributed by atoms with Crippen LogP contribution < -0.4 is 10.1 Å². The van der Waals surface area contributed by atoms with Gasteiger partial charge in [-0.2, -0.15) is 13.2 Å². The maximum atomic E-state index is 12.6. The number of aromatic nitrogens is 3. The largest absolute Gasteiger partial charge is 0.471 e. The van der Waals surface area contributed by atoms with Crippen LogP contribution in [0.15, 0.2) is 34.9 Å². The number of carbonyl (C=O) groups is 1.